The Labute approximate surface area is 259 Å². The molecule has 3 rings (SSSR count). The third kappa shape index (κ3) is 8.53. The number of amides is 3. The Morgan fingerprint density at radius 2 is 1.56 bits per heavy atom. The lowest BCUT2D eigenvalue weighted by atomic mass is 9.98. The van der Waals surface area contributed by atoms with E-state index in [1.165, 1.54) is 16.8 Å². The van der Waals surface area contributed by atoms with Gasteiger partial charge in [-0.3, -0.25) is 9.59 Å². The molecule has 0 saturated heterocycles. The van der Waals surface area contributed by atoms with Gasteiger partial charge in [0.2, 0.25) is 11.8 Å². The molecule has 0 fully saturated rings. The molecule has 0 radical (unpaired) electrons. The molecule has 10 heteroatoms. The third-order valence-electron chi connectivity index (χ3n) is 7.75. The minimum absolute atomic E-state index is 0.0639. The molecule has 234 valence electrons. The van der Waals surface area contributed by atoms with E-state index in [0.717, 1.165) is 22.3 Å². The number of hydrogen-bond acceptors (Lipinski definition) is 6. The van der Waals surface area contributed by atoms with E-state index in [1.54, 1.807) is 32.5 Å². The van der Waals surface area contributed by atoms with E-state index in [-0.39, 0.29) is 25.0 Å². The monoisotopic (exact) mass is 611 g/mol. The number of carbonyl (C=O) groups is 4. The average molecular weight is 612 g/mol. The highest BCUT2D eigenvalue weighted by Gasteiger charge is 2.37. The Bertz CT molecular complexity index is 1260. The predicted octanol–water partition coefficient (Wildman–Crippen LogP) is 5.23. The van der Waals surface area contributed by atoms with Crippen LogP contribution in [0.4, 0.5) is 4.79 Å². The van der Waals surface area contributed by atoms with E-state index in [1.807, 2.05) is 56.5 Å². The van der Waals surface area contributed by atoms with E-state index in [0.29, 0.717) is 18.6 Å². The molecule has 3 amide bonds. The van der Waals surface area contributed by atoms with E-state index in [2.05, 4.69) is 17.4 Å². The van der Waals surface area contributed by atoms with Gasteiger partial charge in [0.15, 0.2) is 0 Å². The highest BCUT2D eigenvalue weighted by molar-refractivity contribution is 7.98. The Hall–Kier alpha value is -3.53. The van der Waals surface area contributed by atoms with Crippen molar-refractivity contribution >= 4 is 35.6 Å². The molecule has 0 heterocycles. The minimum atomic E-state index is -1.09. The molecule has 2 aromatic carbocycles. The zero-order valence-corrected chi connectivity index (χ0v) is 27.1. The van der Waals surface area contributed by atoms with Crippen LogP contribution in [0, 0.1) is 5.92 Å². The average Bonchev–Trinajstić information content (AvgIpc) is 3.27. The van der Waals surface area contributed by atoms with Crippen molar-refractivity contribution in [2.75, 3.05) is 32.2 Å². The van der Waals surface area contributed by atoms with Gasteiger partial charge in [0.1, 0.15) is 25.2 Å². The number of nitrogens with zero attached hydrogens (tertiary/aromatic N) is 2. The van der Waals surface area contributed by atoms with Crippen molar-refractivity contribution in [1.29, 1.82) is 0 Å². The molecular formula is C33H45N3O6S. The van der Waals surface area contributed by atoms with Gasteiger partial charge in [0.25, 0.3) is 0 Å². The van der Waals surface area contributed by atoms with Crippen LogP contribution in [0.5, 0.6) is 0 Å². The van der Waals surface area contributed by atoms with E-state index < -0.39 is 41.5 Å². The fourth-order valence-corrected chi connectivity index (χ4v) is 5.87. The smallest absolute Gasteiger partial charge is 0.407 e. The van der Waals surface area contributed by atoms with Crippen LogP contribution in [-0.2, 0) is 19.1 Å². The number of thioether (sulfide) groups is 1. The lowest BCUT2D eigenvalue weighted by Gasteiger charge is -2.39. The molecular weight excluding hydrogens is 566 g/mol. The van der Waals surface area contributed by atoms with Gasteiger partial charge in [0, 0.05) is 18.5 Å². The predicted molar refractivity (Wildman–Crippen MR) is 170 cm³/mol. The summed E-state index contributed by atoms with van der Waals surface area (Å²) in [5, 5.41) is 12.5. The summed E-state index contributed by atoms with van der Waals surface area (Å²) < 4.78 is 5.71. The summed E-state index contributed by atoms with van der Waals surface area (Å²) in [5.41, 5.74) is 3.64. The van der Waals surface area contributed by atoms with Gasteiger partial charge in [-0.2, -0.15) is 11.8 Å². The number of alkyl carbamates (subject to hydrolysis) is 1. The number of hydrogen-bond donors (Lipinski definition) is 2. The fraction of sp³-hybridized carbons (Fsp3) is 0.515. The number of ether oxygens (including phenoxy) is 1. The zero-order chi connectivity index (χ0) is 31.9. The number of rotatable bonds is 13. The number of likely N-dealkylation sites (N-methyl/N-ethyl adjacent to an activating group) is 1. The standard InChI is InChI=1S/C33H45N3O6S/c1-21(2)18-28(31(39)40)35(6)29(37)19-36(33(3,4)5)30(38)27(16-17-43-7)34-32(41)42-20-26-24-14-10-8-12-22(24)23-13-9-11-15-25(23)26/h8-15,21,26-28H,16-20H2,1-7H3,(H,34,41)(H,39,40)/t27-,28-/m0/s1. The maximum absolute atomic E-state index is 13.9. The summed E-state index contributed by atoms with van der Waals surface area (Å²) in [4.78, 5) is 54.8. The van der Waals surface area contributed by atoms with Crippen LogP contribution in [0.25, 0.3) is 11.1 Å². The van der Waals surface area contributed by atoms with Crippen LogP contribution in [0.3, 0.4) is 0 Å². The molecule has 2 atom stereocenters. The van der Waals surface area contributed by atoms with Crippen LogP contribution in [0.15, 0.2) is 48.5 Å². The van der Waals surface area contributed by atoms with Gasteiger partial charge in [-0.15, -0.1) is 0 Å². The summed E-state index contributed by atoms with van der Waals surface area (Å²) in [5.74, 6) is -1.46. The van der Waals surface area contributed by atoms with Crippen molar-refractivity contribution in [1.82, 2.24) is 15.1 Å². The summed E-state index contributed by atoms with van der Waals surface area (Å²) in [7, 11) is 1.45. The summed E-state index contributed by atoms with van der Waals surface area (Å²) >= 11 is 1.54. The zero-order valence-electron chi connectivity index (χ0n) is 26.3. The van der Waals surface area contributed by atoms with Gasteiger partial charge in [-0.1, -0.05) is 62.4 Å². The second kappa shape index (κ2) is 14.8. The maximum Gasteiger partial charge on any atom is 0.407 e. The first-order valence-electron chi connectivity index (χ1n) is 14.7. The van der Waals surface area contributed by atoms with Crippen LogP contribution >= 0.6 is 11.8 Å². The Morgan fingerprint density at radius 3 is 2.05 bits per heavy atom. The first-order valence-corrected chi connectivity index (χ1v) is 16.1. The topological polar surface area (TPSA) is 116 Å². The van der Waals surface area contributed by atoms with Gasteiger partial charge in [0.05, 0.1) is 0 Å². The Kier molecular flexibility index (Phi) is 11.7. The van der Waals surface area contributed by atoms with Gasteiger partial charge >= 0.3 is 12.1 Å². The number of carboxylic acid groups (broad SMARTS) is 1. The SMILES string of the molecule is CSCC[C@H](NC(=O)OCC1c2ccccc2-c2ccccc21)C(=O)N(CC(=O)N(C)[C@@H](CC(C)C)C(=O)O)C(C)(C)C. The number of nitrogens with one attached hydrogen (secondary N) is 1. The number of carbonyl (C=O) groups excluding carboxylic acids is 3. The second-order valence-electron chi connectivity index (χ2n) is 12.4. The van der Waals surface area contributed by atoms with Gasteiger partial charge in [-0.25, -0.2) is 9.59 Å². The van der Waals surface area contributed by atoms with Gasteiger partial charge < -0.3 is 25.0 Å². The van der Waals surface area contributed by atoms with Crippen molar-refractivity contribution in [3.8, 4) is 11.1 Å². The van der Waals surface area contributed by atoms with Crippen molar-refractivity contribution < 1.29 is 29.0 Å². The summed E-state index contributed by atoms with van der Waals surface area (Å²) in [6, 6.07) is 14.2. The van der Waals surface area contributed by atoms with Crippen molar-refractivity contribution in [2.45, 2.75) is 71.0 Å². The first-order chi connectivity index (χ1) is 20.3. The van der Waals surface area contributed by atoms with Crippen molar-refractivity contribution in [3.63, 3.8) is 0 Å². The Morgan fingerprint density at radius 1 is 1.00 bits per heavy atom. The minimum Gasteiger partial charge on any atom is -0.480 e. The lowest BCUT2D eigenvalue weighted by Crippen LogP contribution is -2.58. The molecule has 0 bridgehead atoms. The largest absolute Gasteiger partial charge is 0.480 e. The molecule has 1 aliphatic rings. The summed E-state index contributed by atoms with van der Waals surface area (Å²) in [6.07, 6.45) is 1.84. The molecule has 0 aliphatic heterocycles. The Balaban J connectivity index is 1.74. The van der Waals surface area contributed by atoms with E-state index in [9.17, 15) is 24.3 Å². The molecule has 0 unspecified atom stereocenters. The second-order valence-corrected chi connectivity index (χ2v) is 13.4. The molecule has 2 aromatic rings. The van der Waals surface area contributed by atoms with Crippen LogP contribution in [-0.4, -0.2) is 88.6 Å². The number of aliphatic carboxylic acids is 1. The maximum atomic E-state index is 13.9. The highest BCUT2D eigenvalue weighted by Crippen LogP contribution is 2.44. The van der Waals surface area contributed by atoms with Gasteiger partial charge in [-0.05, 0) is 73.8 Å². The summed E-state index contributed by atoms with van der Waals surface area (Å²) in [6.45, 7) is 9.00. The third-order valence-corrected chi connectivity index (χ3v) is 8.40. The van der Waals surface area contributed by atoms with Crippen LogP contribution in [0.2, 0.25) is 0 Å². The highest BCUT2D eigenvalue weighted by atomic mass is 32.2. The van der Waals surface area contributed by atoms with Crippen LogP contribution in [0.1, 0.15) is 64.5 Å². The van der Waals surface area contributed by atoms with Crippen molar-refractivity contribution in [3.05, 3.63) is 59.7 Å². The number of benzene rings is 2. The number of carboxylic acids is 1. The van der Waals surface area contributed by atoms with E-state index in [4.69, 9.17) is 4.74 Å². The quantitative estimate of drug-likeness (QED) is 0.319. The molecule has 1 aliphatic carbocycles. The molecule has 2 N–H and O–H groups in total. The number of fused-ring (bicyclic) bond motifs is 3. The van der Waals surface area contributed by atoms with Crippen LogP contribution < -0.4 is 5.32 Å². The molecule has 0 saturated carbocycles. The molecule has 0 aromatic heterocycles. The first kappa shape index (κ1) is 34.0. The fourth-order valence-electron chi connectivity index (χ4n) is 5.40. The lowest BCUT2D eigenvalue weighted by molar-refractivity contribution is -0.153. The molecule has 0 spiro atoms. The van der Waals surface area contributed by atoms with Crippen molar-refractivity contribution in [2.24, 2.45) is 5.92 Å². The molecule has 9 nitrogen and oxygen atoms in total. The molecule has 43 heavy (non-hydrogen) atoms. The van der Waals surface area contributed by atoms with E-state index >= 15 is 0 Å². The normalized spacial score (nSPS) is 14.0.